The fraction of sp³-hybridized carbons (Fsp3) is 0.545. The van der Waals surface area contributed by atoms with Crippen LogP contribution < -0.4 is 4.90 Å². The van der Waals surface area contributed by atoms with Crippen LogP contribution >= 0.6 is 0 Å². The molecule has 2 amide bonds. The fourth-order valence-corrected chi connectivity index (χ4v) is 1.84. The van der Waals surface area contributed by atoms with Crippen LogP contribution in [0.3, 0.4) is 0 Å². The van der Waals surface area contributed by atoms with Crippen LogP contribution in [0.1, 0.15) is 0 Å². The van der Waals surface area contributed by atoms with E-state index < -0.39 is 0 Å². The van der Waals surface area contributed by atoms with Crippen LogP contribution in [0.4, 0.5) is 10.7 Å². The standard InChI is InChI=1S/C11H17N5O/c1-14(2)11(17)16-8-6-15(7-9-16)10-12-4-3-5-13-10/h3-5H,6-9H2,1-2H3. The molecule has 0 spiro atoms. The molecule has 0 N–H and O–H groups in total. The van der Waals surface area contributed by atoms with Crippen molar-refractivity contribution in [3.63, 3.8) is 0 Å². The lowest BCUT2D eigenvalue weighted by atomic mass is 10.3. The lowest BCUT2D eigenvalue weighted by molar-refractivity contribution is 0.167. The summed E-state index contributed by atoms with van der Waals surface area (Å²) in [5.74, 6) is 0.740. The highest BCUT2D eigenvalue weighted by atomic mass is 16.2. The Kier molecular flexibility index (Phi) is 3.41. The van der Waals surface area contributed by atoms with Crippen molar-refractivity contribution in [1.29, 1.82) is 0 Å². The molecule has 0 unspecified atom stereocenters. The number of rotatable bonds is 1. The molecule has 6 nitrogen and oxygen atoms in total. The van der Waals surface area contributed by atoms with Crippen molar-refractivity contribution in [3.05, 3.63) is 18.5 Å². The van der Waals surface area contributed by atoms with Gasteiger partial charge >= 0.3 is 6.03 Å². The molecule has 0 aromatic carbocycles. The summed E-state index contributed by atoms with van der Waals surface area (Å²) >= 11 is 0. The lowest BCUT2D eigenvalue weighted by Gasteiger charge is -2.35. The molecule has 0 bridgehead atoms. The average molecular weight is 235 g/mol. The largest absolute Gasteiger partial charge is 0.337 e. The zero-order valence-electron chi connectivity index (χ0n) is 10.2. The molecule has 2 rings (SSSR count). The molecule has 0 atom stereocenters. The van der Waals surface area contributed by atoms with Gasteiger partial charge in [-0.3, -0.25) is 0 Å². The van der Waals surface area contributed by atoms with Crippen molar-refractivity contribution in [3.8, 4) is 0 Å². The molecule has 1 aliphatic rings. The second kappa shape index (κ2) is 4.99. The van der Waals surface area contributed by atoms with Gasteiger partial charge in [-0.2, -0.15) is 0 Å². The summed E-state index contributed by atoms with van der Waals surface area (Å²) < 4.78 is 0. The normalized spacial score (nSPS) is 15.9. The molecule has 1 fully saturated rings. The maximum atomic E-state index is 11.7. The Hall–Kier alpha value is -1.85. The summed E-state index contributed by atoms with van der Waals surface area (Å²) in [5, 5.41) is 0. The third kappa shape index (κ3) is 2.64. The van der Waals surface area contributed by atoms with Crippen molar-refractivity contribution in [2.75, 3.05) is 45.2 Å². The van der Waals surface area contributed by atoms with Gasteiger partial charge in [0, 0.05) is 52.7 Å². The fourth-order valence-electron chi connectivity index (χ4n) is 1.84. The van der Waals surface area contributed by atoms with Crippen LogP contribution in [0, 0.1) is 0 Å². The van der Waals surface area contributed by atoms with Gasteiger partial charge in [-0.1, -0.05) is 0 Å². The van der Waals surface area contributed by atoms with E-state index >= 15 is 0 Å². The summed E-state index contributed by atoms with van der Waals surface area (Å²) in [6.45, 7) is 3.00. The number of carbonyl (C=O) groups excluding carboxylic acids is 1. The number of piperazine rings is 1. The quantitative estimate of drug-likeness (QED) is 0.701. The van der Waals surface area contributed by atoms with E-state index in [1.165, 1.54) is 0 Å². The minimum Gasteiger partial charge on any atom is -0.337 e. The van der Waals surface area contributed by atoms with Crippen molar-refractivity contribution in [1.82, 2.24) is 19.8 Å². The number of carbonyl (C=O) groups is 1. The van der Waals surface area contributed by atoms with E-state index in [1.807, 2.05) is 4.90 Å². The summed E-state index contributed by atoms with van der Waals surface area (Å²) in [6.07, 6.45) is 3.47. The maximum absolute atomic E-state index is 11.7. The summed E-state index contributed by atoms with van der Waals surface area (Å²) in [4.78, 5) is 25.7. The Morgan fingerprint density at radius 1 is 1.18 bits per heavy atom. The minimum absolute atomic E-state index is 0.0682. The molecule has 2 heterocycles. The smallest absolute Gasteiger partial charge is 0.319 e. The van der Waals surface area contributed by atoms with Gasteiger partial charge in [0.15, 0.2) is 0 Å². The lowest BCUT2D eigenvalue weighted by Crippen LogP contribution is -2.51. The number of urea groups is 1. The van der Waals surface area contributed by atoms with Gasteiger partial charge in [0.2, 0.25) is 5.95 Å². The van der Waals surface area contributed by atoms with Crippen LogP contribution in [-0.4, -0.2) is 66.1 Å². The highest BCUT2D eigenvalue weighted by molar-refractivity contribution is 5.74. The highest BCUT2D eigenvalue weighted by Crippen LogP contribution is 2.10. The van der Waals surface area contributed by atoms with Gasteiger partial charge < -0.3 is 14.7 Å². The van der Waals surface area contributed by atoms with E-state index in [1.54, 1.807) is 37.5 Å². The van der Waals surface area contributed by atoms with Crippen LogP contribution in [0.25, 0.3) is 0 Å². The van der Waals surface area contributed by atoms with Gasteiger partial charge in [0.05, 0.1) is 0 Å². The molecule has 6 heteroatoms. The van der Waals surface area contributed by atoms with E-state index in [-0.39, 0.29) is 6.03 Å². The topological polar surface area (TPSA) is 52.6 Å². The molecule has 0 saturated carbocycles. The highest BCUT2D eigenvalue weighted by Gasteiger charge is 2.23. The Morgan fingerprint density at radius 2 is 1.76 bits per heavy atom. The Bertz CT molecular complexity index is 373. The first-order valence-corrected chi connectivity index (χ1v) is 5.66. The number of hydrogen-bond acceptors (Lipinski definition) is 4. The number of hydrogen-bond donors (Lipinski definition) is 0. The molecule has 92 valence electrons. The molecule has 1 aromatic rings. The Labute approximate surface area is 101 Å². The number of nitrogens with zero attached hydrogens (tertiary/aromatic N) is 5. The van der Waals surface area contributed by atoms with Crippen molar-refractivity contribution >= 4 is 12.0 Å². The SMILES string of the molecule is CN(C)C(=O)N1CCN(c2ncccn2)CC1. The summed E-state index contributed by atoms with van der Waals surface area (Å²) in [5.41, 5.74) is 0. The Balaban J connectivity index is 1.93. The number of anilines is 1. The molecular weight excluding hydrogens is 218 g/mol. The maximum Gasteiger partial charge on any atom is 0.319 e. The first-order chi connectivity index (χ1) is 8.18. The minimum atomic E-state index is 0.0682. The second-order valence-corrected chi connectivity index (χ2v) is 4.20. The van der Waals surface area contributed by atoms with Crippen LogP contribution in [0.5, 0.6) is 0 Å². The van der Waals surface area contributed by atoms with E-state index in [2.05, 4.69) is 14.9 Å². The predicted molar refractivity (Wildman–Crippen MR) is 64.9 cm³/mol. The van der Waals surface area contributed by atoms with Gasteiger partial charge in [-0.15, -0.1) is 0 Å². The first kappa shape index (κ1) is 11.6. The molecule has 1 aliphatic heterocycles. The van der Waals surface area contributed by atoms with Crippen LogP contribution in [0.2, 0.25) is 0 Å². The number of amides is 2. The third-order valence-electron chi connectivity index (χ3n) is 2.77. The zero-order valence-corrected chi connectivity index (χ0v) is 10.2. The van der Waals surface area contributed by atoms with Gasteiger partial charge in [0.1, 0.15) is 0 Å². The van der Waals surface area contributed by atoms with Gasteiger partial charge in [-0.05, 0) is 6.07 Å². The third-order valence-corrected chi connectivity index (χ3v) is 2.77. The predicted octanol–water partition coefficient (Wildman–Crippen LogP) is 0.280. The average Bonchev–Trinajstić information content (AvgIpc) is 2.39. The van der Waals surface area contributed by atoms with Gasteiger partial charge in [0.25, 0.3) is 0 Å². The van der Waals surface area contributed by atoms with Crippen LogP contribution in [-0.2, 0) is 0 Å². The van der Waals surface area contributed by atoms with E-state index in [0.29, 0.717) is 0 Å². The second-order valence-electron chi connectivity index (χ2n) is 4.20. The van der Waals surface area contributed by atoms with E-state index in [9.17, 15) is 4.79 Å². The number of aromatic nitrogens is 2. The molecule has 0 aliphatic carbocycles. The van der Waals surface area contributed by atoms with Gasteiger partial charge in [-0.25, -0.2) is 14.8 Å². The van der Waals surface area contributed by atoms with E-state index in [0.717, 1.165) is 32.1 Å². The van der Waals surface area contributed by atoms with Crippen LogP contribution in [0.15, 0.2) is 18.5 Å². The van der Waals surface area contributed by atoms with Crippen molar-refractivity contribution in [2.24, 2.45) is 0 Å². The first-order valence-electron chi connectivity index (χ1n) is 5.66. The van der Waals surface area contributed by atoms with Crippen molar-refractivity contribution < 1.29 is 4.79 Å². The van der Waals surface area contributed by atoms with Crippen molar-refractivity contribution in [2.45, 2.75) is 0 Å². The zero-order chi connectivity index (χ0) is 12.3. The molecule has 1 saturated heterocycles. The summed E-state index contributed by atoms with van der Waals surface area (Å²) in [7, 11) is 3.55. The monoisotopic (exact) mass is 235 g/mol. The summed E-state index contributed by atoms with van der Waals surface area (Å²) in [6, 6.07) is 1.87. The molecule has 1 aromatic heterocycles. The Morgan fingerprint density at radius 3 is 2.29 bits per heavy atom. The molecule has 17 heavy (non-hydrogen) atoms. The molecular formula is C11H17N5O. The van der Waals surface area contributed by atoms with E-state index in [4.69, 9.17) is 0 Å². The molecule has 0 radical (unpaired) electrons.